The number of rotatable bonds is 4. The molecule has 0 N–H and O–H groups in total. The monoisotopic (exact) mass is 309 g/mol. The van der Waals surface area contributed by atoms with Gasteiger partial charge >= 0.3 is 0 Å². The van der Waals surface area contributed by atoms with Crippen LogP contribution in [0.5, 0.6) is 5.75 Å². The van der Waals surface area contributed by atoms with E-state index >= 15 is 0 Å². The molecule has 0 aliphatic carbocycles. The Morgan fingerprint density at radius 1 is 1.25 bits per heavy atom. The van der Waals surface area contributed by atoms with Crippen molar-refractivity contribution in [1.29, 1.82) is 0 Å². The summed E-state index contributed by atoms with van der Waals surface area (Å²) in [6.07, 6.45) is 2.83. The van der Waals surface area contributed by atoms with Crippen molar-refractivity contribution in [3.8, 4) is 5.75 Å². The standard InChI is InChI=1S/C14H12ClNO3S/c1-19-12-6-8-16-14(10-12)20(17,18)9-7-11-4-2-3-5-13(11)15/h2-10H,1H3/b9-7+. The molecule has 0 radical (unpaired) electrons. The zero-order valence-corrected chi connectivity index (χ0v) is 12.2. The smallest absolute Gasteiger partial charge is 0.217 e. The van der Waals surface area contributed by atoms with E-state index in [0.29, 0.717) is 16.3 Å². The first kappa shape index (κ1) is 14.6. The van der Waals surface area contributed by atoms with E-state index in [4.69, 9.17) is 16.3 Å². The number of halogens is 1. The Morgan fingerprint density at radius 3 is 2.70 bits per heavy atom. The fourth-order valence-corrected chi connectivity index (χ4v) is 2.67. The van der Waals surface area contributed by atoms with Gasteiger partial charge in [-0.2, -0.15) is 0 Å². The lowest BCUT2D eigenvalue weighted by Gasteiger charge is -2.02. The topological polar surface area (TPSA) is 56.3 Å². The first-order valence-electron chi connectivity index (χ1n) is 5.71. The third-order valence-electron chi connectivity index (χ3n) is 2.57. The van der Waals surface area contributed by atoms with E-state index in [0.717, 1.165) is 5.41 Å². The van der Waals surface area contributed by atoms with Crippen molar-refractivity contribution in [3.63, 3.8) is 0 Å². The fourth-order valence-electron chi connectivity index (χ4n) is 1.52. The molecule has 0 saturated heterocycles. The first-order chi connectivity index (χ1) is 9.53. The Hall–Kier alpha value is -1.85. The number of ether oxygens (including phenoxy) is 1. The number of aromatic nitrogens is 1. The molecule has 0 bridgehead atoms. The van der Waals surface area contributed by atoms with Crippen molar-refractivity contribution in [3.05, 3.63) is 58.6 Å². The molecule has 20 heavy (non-hydrogen) atoms. The van der Waals surface area contributed by atoms with Crippen LogP contribution < -0.4 is 4.74 Å². The minimum atomic E-state index is -3.64. The summed E-state index contributed by atoms with van der Waals surface area (Å²) >= 11 is 5.97. The van der Waals surface area contributed by atoms with Gasteiger partial charge in [0.05, 0.1) is 7.11 Å². The maximum atomic E-state index is 12.1. The van der Waals surface area contributed by atoms with Gasteiger partial charge < -0.3 is 4.74 Å². The Balaban J connectivity index is 2.34. The van der Waals surface area contributed by atoms with Gasteiger partial charge in [-0.1, -0.05) is 29.8 Å². The summed E-state index contributed by atoms with van der Waals surface area (Å²) in [5, 5.41) is 1.49. The van der Waals surface area contributed by atoms with Crippen LogP contribution >= 0.6 is 11.6 Å². The molecule has 1 aromatic heterocycles. The third kappa shape index (κ3) is 3.37. The van der Waals surface area contributed by atoms with Gasteiger partial charge in [0.1, 0.15) is 5.75 Å². The molecule has 2 rings (SSSR count). The molecule has 2 aromatic rings. The average Bonchev–Trinajstić information content (AvgIpc) is 2.46. The van der Waals surface area contributed by atoms with Crippen molar-refractivity contribution in [1.82, 2.24) is 4.98 Å². The second kappa shape index (κ2) is 6.07. The average molecular weight is 310 g/mol. The molecule has 104 valence electrons. The Labute approximate surface area is 122 Å². The van der Waals surface area contributed by atoms with E-state index in [1.165, 1.54) is 25.4 Å². The summed E-state index contributed by atoms with van der Waals surface area (Å²) in [6, 6.07) is 9.92. The Morgan fingerprint density at radius 2 is 2.00 bits per heavy atom. The lowest BCUT2D eigenvalue weighted by atomic mass is 10.2. The Bertz CT molecular complexity index is 742. The van der Waals surface area contributed by atoms with Gasteiger partial charge in [-0.3, -0.25) is 0 Å². The molecular weight excluding hydrogens is 298 g/mol. The molecule has 0 unspecified atom stereocenters. The molecule has 0 fully saturated rings. The molecule has 0 aliphatic rings. The molecule has 0 atom stereocenters. The predicted octanol–water partition coefficient (Wildman–Crippen LogP) is 3.19. The number of pyridine rings is 1. The summed E-state index contributed by atoms with van der Waals surface area (Å²) in [7, 11) is -2.17. The molecule has 4 nitrogen and oxygen atoms in total. The highest BCUT2D eigenvalue weighted by Gasteiger charge is 2.13. The highest BCUT2D eigenvalue weighted by Crippen LogP contribution is 2.20. The van der Waals surface area contributed by atoms with Gasteiger partial charge in [0, 0.05) is 22.7 Å². The van der Waals surface area contributed by atoms with E-state index in [2.05, 4.69) is 4.98 Å². The predicted molar refractivity (Wildman–Crippen MR) is 78.5 cm³/mol. The van der Waals surface area contributed by atoms with Crippen LogP contribution in [0.1, 0.15) is 5.56 Å². The zero-order valence-electron chi connectivity index (χ0n) is 10.7. The highest BCUT2D eigenvalue weighted by atomic mass is 35.5. The van der Waals surface area contributed by atoms with Crippen LogP contribution in [0.2, 0.25) is 5.02 Å². The van der Waals surface area contributed by atoms with Crippen molar-refractivity contribution < 1.29 is 13.2 Å². The van der Waals surface area contributed by atoms with Crippen LogP contribution in [-0.2, 0) is 9.84 Å². The molecule has 1 heterocycles. The maximum Gasteiger partial charge on any atom is 0.217 e. The van der Waals surface area contributed by atoms with Gasteiger partial charge in [0.2, 0.25) is 9.84 Å². The SMILES string of the molecule is COc1ccnc(S(=O)(=O)/C=C/c2ccccc2Cl)c1. The van der Waals surface area contributed by atoms with Gasteiger partial charge in [-0.25, -0.2) is 13.4 Å². The summed E-state index contributed by atoms with van der Waals surface area (Å²) in [6.45, 7) is 0. The van der Waals surface area contributed by atoms with Crippen LogP contribution in [0, 0.1) is 0 Å². The molecule has 0 amide bonds. The minimum Gasteiger partial charge on any atom is -0.497 e. The van der Waals surface area contributed by atoms with Crippen LogP contribution in [0.4, 0.5) is 0 Å². The van der Waals surface area contributed by atoms with Gasteiger partial charge in [-0.15, -0.1) is 0 Å². The number of hydrogen-bond donors (Lipinski definition) is 0. The van der Waals surface area contributed by atoms with E-state index < -0.39 is 9.84 Å². The fraction of sp³-hybridized carbons (Fsp3) is 0.0714. The molecule has 1 aromatic carbocycles. The quantitative estimate of drug-likeness (QED) is 0.870. The van der Waals surface area contributed by atoms with Crippen LogP contribution in [0.3, 0.4) is 0 Å². The second-order valence-electron chi connectivity index (χ2n) is 3.90. The summed E-state index contributed by atoms with van der Waals surface area (Å²) in [5.74, 6) is 0.435. The van der Waals surface area contributed by atoms with E-state index in [1.54, 1.807) is 30.3 Å². The summed E-state index contributed by atoms with van der Waals surface area (Å²) in [5.41, 5.74) is 0.626. The normalized spacial score (nSPS) is 11.7. The summed E-state index contributed by atoms with van der Waals surface area (Å²) in [4.78, 5) is 3.84. The van der Waals surface area contributed by atoms with Gasteiger partial charge in [0.25, 0.3) is 0 Å². The molecule has 6 heteroatoms. The maximum absolute atomic E-state index is 12.1. The second-order valence-corrected chi connectivity index (χ2v) is 6.09. The van der Waals surface area contributed by atoms with Gasteiger partial charge in [-0.05, 0) is 23.8 Å². The van der Waals surface area contributed by atoms with Crippen molar-refractivity contribution in [2.24, 2.45) is 0 Å². The molecular formula is C14H12ClNO3S. The first-order valence-corrected chi connectivity index (χ1v) is 7.63. The number of nitrogens with zero attached hydrogens (tertiary/aromatic N) is 1. The van der Waals surface area contributed by atoms with E-state index in [9.17, 15) is 8.42 Å². The Kier molecular flexibility index (Phi) is 4.42. The third-order valence-corrected chi connectivity index (χ3v) is 4.21. The molecule has 0 saturated carbocycles. The zero-order chi connectivity index (χ0) is 14.6. The largest absolute Gasteiger partial charge is 0.497 e. The lowest BCUT2D eigenvalue weighted by molar-refractivity contribution is 0.412. The van der Waals surface area contributed by atoms with Crippen molar-refractivity contribution in [2.45, 2.75) is 5.03 Å². The minimum absolute atomic E-state index is 0.0693. The lowest BCUT2D eigenvalue weighted by Crippen LogP contribution is -1.99. The number of hydrogen-bond acceptors (Lipinski definition) is 4. The highest BCUT2D eigenvalue weighted by molar-refractivity contribution is 7.94. The number of methoxy groups -OCH3 is 1. The van der Waals surface area contributed by atoms with Crippen molar-refractivity contribution >= 4 is 27.5 Å². The molecule has 0 spiro atoms. The van der Waals surface area contributed by atoms with Gasteiger partial charge in [0.15, 0.2) is 5.03 Å². The summed E-state index contributed by atoms with van der Waals surface area (Å²) < 4.78 is 29.3. The number of benzene rings is 1. The van der Waals surface area contributed by atoms with E-state index in [-0.39, 0.29) is 5.03 Å². The van der Waals surface area contributed by atoms with Crippen LogP contribution in [0.25, 0.3) is 6.08 Å². The van der Waals surface area contributed by atoms with E-state index in [1.807, 2.05) is 0 Å². The van der Waals surface area contributed by atoms with Crippen LogP contribution in [0.15, 0.2) is 53.0 Å². The molecule has 0 aliphatic heterocycles. The number of sulfone groups is 1. The van der Waals surface area contributed by atoms with Crippen LogP contribution in [-0.4, -0.2) is 20.5 Å². The van der Waals surface area contributed by atoms with Crippen molar-refractivity contribution in [2.75, 3.05) is 7.11 Å².